The molecule has 0 radical (unpaired) electrons. The molecule has 0 aliphatic heterocycles. The first-order valence-corrected chi connectivity index (χ1v) is 3.81. The van der Waals surface area contributed by atoms with Crippen LogP contribution in [-0.2, 0) is 9.59 Å². The fourth-order valence-corrected chi connectivity index (χ4v) is 0.788. The summed E-state index contributed by atoms with van der Waals surface area (Å²) in [6.45, 7) is 3.19. The van der Waals surface area contributed by atoms with Crippen molar-refractivity contribution in [2.24, 2.45) is 5.41 Å². The number of hydrogen-bond donors (Lipinski definition) is 2. The van der Waals surface area contributed by atoms with Gasteiger partial charge in [-0.2, -0.15) is 0 Å². The minimum Gasteiger partial charge on any atom is -0.481 e. The lowest BCUT2D eigenvalue weighted by molar-refractivity contribution is -0.148. The Hall–Kier alpha value is -1.06. The molecular formula is C8H14O4. The molecule has 0 aromatic rings. The first-order valence-electron chi connectivity index (χ1n) is 3.81. The van der Waals surface area contributed by atoms with E-state index in [2.05, 4.69) is 0 Å². The van der Waals surface area contributed by atoms with Gasteiger partial charge in [-0.3, -0.25) is 9.59 Å². The lowest BCUT2D eigenvalue weighted by atomic mass is 9.87. The van der Waals surface area contributed by atoms with Crippen molar-refractivity contribution in [2.75, 3.05) is 0 Å². The van der Waals surface area contributed by atoms with Crippen LogP contribution in [0.15, 0.2) is 0 Å². The summed E-state index contributed by atoms with van der Waals surface area (Å²) in [5.74, 6) is -1.76. The first kappa shape index (κ1) is 10.9. The molecule has 4 heteroatoms. The van der Waals surface area contributed by atoms with Crippen molar-refractivity contribution in [3.8, 4) is 0 Å². The average Bonchev–Trinajstić information content (AvgIpc) is 1.85. The van der Waals surface area contributed by atoms with Gasteiger partial charge in [-0.05, 0) is 26.7 Å². The van der Waals surface area contributed by atoms with Crippen LogP contribution in [0.3, 0.4) is 0 Å². The van der Waals surface area contributed by atoms with E-state index in [4.69, 9.17) is 10.2 Å². The third-order valence-corrected chi connectivity index (χ3v) is 1.77. The van der Waals surface area contributed by atoms with Gasteiger partial charge in [0.1, 0.15) is 0 Å². The summed E-state index contributed by atoms with van der Waals surface area (Å²) in [6.07, 6.45) is 0.847. The molecule has 0 fully saturated rings. The molecule has 0 bridgehead atoms. The minimum absolute atomic E-state index is 0.0384. The smallest absolute Gasteiger partial charge is 0.309 e. The monoisotopic (exact) mass is 174 g/mol. The van der Waals surface area contributed by atoms with Gasteiger partial charge in [0.2, 0.25) is 0 Å². The second kappa shape index (κ2) is 4.09. The highest BCUT2D eigenvalue weighted by molar-refractivity contribution is 5.73. The van der Waals surface area contributed by atoms with Crippen LogP contribution in [0.1, 0.15) is 33.1 Å². The topological polar surface area (TPSA) is 74.6 Å². The molecule has 0 spiro atoms. The van der Waals surface area contributed by atoms with Gasteiger partial charge in [0.05, 0.1) is 5.41 Å². The highest BCUT2D eigenvalue weighted by atomic mass is 16.4. The van der Waals surface area contributed by atoms with E-state index in [-0.39, 0.29) is 6.42 Å². The number of carboxylic acid groups (broad SMARTS) is 2. The molecule has 0 aliphatic carbocycles. The summed E-state index contributed by atoms with van der Waals surface area (Å²) in [5, 5.41) is 17.0. The standard InChI is InChI=1S/C8H14O4/c1-8(2,7(11)12)5-3-4-6(9)10/h3-5H2,1-2H3,(H,9,10)(H,11,12). The zero-order valence-corrected chi connectivity index (χ0v) is 7.33. The number of aliphatic carboxylic acids is 2. The van der Waals surface area contributed by atoms with Crippen molar-refractivity contribution in [1.29, 1.82) is 0 Å². The molecule has 0 amide bonds. The zero-order valence-electron chi connectivity index (χ0n) is 7.33. The largest absolute Gasteiger partial charge is 0.481 e. The molecule has 4 nitrogen and oxygen atoms in total. The van der Waals surface area contributed by atoms with Crippen LogP contribution in [0.5, 0.6) is 0 Å². The first-order chi connectivity index (χ1) is 5.36. The van der Waals surface area contributed by atoms with Crippen LogP contribution in [0.2, 0.25) is 0 Å². The van der Waals surface area contributed by atoms with Crippen LogP contribution in [0, 0.1) is 5.41 Å². The fourth-order valence-electron chi connectivity index (χ4n) is 0.788. The summed E-state index contributed by atoms with van der Waals surface area (Å²) >= 11 is 0. The summed E-state index contributed by atoms with van der Waals surface area (Å²) < 4.78 is 0. The second-order valence-electron chi connectivity index (χ2n) is 3.44. The molecule has 0 aromatic carbocycles. The highest BCUT2D eigenvalue weighted by Crippen LogP contribution is 2.22. The third kappa shape index (κ3) is 3.95. The molecule has 0 unspecified atom stereocenters. The molecular weight excluding hydrogens is 160 g/mol. The molecule has 0 atom stereocenters. The molecule has 0 aromatic heterocycles. The third-order valence-electron chi connectivity index (χ3n) is 1.77. The maximum absolute atomic E-state index is 10.5. The summed E-state index contributed by atoms with van der Waals surface area (Å²) in [4.78, 5) is 20.7. The second-order valence-corrected chi connectivity index (χ2v) is 3.44. The molecule has 0 rings (SSSR count). The Kier molecular flexibility index (Phi) is 3.73. The molecule has 0 saturated heterocycles. The van der Waals surface area contributed by atoms with Crippen molar-refractivity contribution < 1.29 is 19.8 Å². The van der Waals surface area contributed by atoms with E-state index < -0.39 is 17.4 Å². The van der Waals surface area contributed by atoms with Gasteiger partial charge in [-0.15, -0.1) is 0 Å². The van der Waals surface area contributed by atoms with Crippen LogP contribution >= 0.6 is 0 Å². The normalized spacial score (nSPS) is 11.2. The van der Waals surface area contributed by atoms with E-state index in [0.29, 0.717) is 12.8 Å². The van der Waals surface area contributed by atoms with Gasteiger partial charge < -0.3 is 10.2 Å². The van der Waals surface area contributed by atoms with E-state index in [1.165, 1.54) is 0 Å². The summed E-state index contributed by atoms with van der Waals surface area (Å²) in [7, 11) is 0. The summed E-state index contributed by atoms with van der Waals surface area (Å²) in [6, 6.07) is 0. The fraction of sp³-hybridized carbons (Fsp3) is 0.750. The SMILES string of the molecule is CC(C)(CCCC(=O)O)C(=O)O. The van der Waals surface area contributed by atoms with Gasteiger partial charge in [0.25, 0.3) is 0 Å². The van der Waals surface area contributed by atoms with E-state index in [9.17, 15) is 9.59 Å². The van der Waals surface area contributed by atoms with Gasteiger partial charge in [-0.1, -0.05) is 0 Å². The maximum atomic E-state index is 10.5. The van der Waals surface area contributed by atoms with Crippen molar-refractivity contribution in [1.82, 2.24) is 0 Å². The molecule has 0 saturated carbocycles. The van der Waals surface area contributed by atoms with Gasteiger partial charge in [-0.25, -0.2) is 0 Å². The Morgan fingerprint density at radius 1 is 1.25 bits per heavy atom. The predicted octanol–water partition coefficient (Wildman–Crippen LogP) is 1.35. The van der Waals surface area contributed by atoms with Crippen LogP contribution in [0.4, 0.5) is 0 Å². The Morgan fingerprint density at radius 2 is 1.75 bits per heavy atom. The molecule has 70 valence electrons. The Labute approximate surface area is 71.2 Å². The molecule has 12 heavy (non-hydrogen) atoms. The van der Waals surface area contributed by atoms with Gasteiger partial charge in [0.15, 0.2) is 0 Å². The van der Waals surface area contributed by atoms with E-state index >= 15 is 0 Å². The number of carbonyl (C=O) groups is 2. The zero-order chi connectivity index (χ0) is 9.78. The van der Waals surface area contributed by atoms with Gasteiger partial charge in [0, 0.05) is 6.42 Å². The number of carboxylic acids is 2. The Bertz CT molecular complexity index is 183. The van der Waals surface area contributed by atoms with Crippen molar-refractivity contribution in [2.45, 2.75) is 33.1 Å². The molecule has 2 N–H and O–H groups in total. The molecule has 0 heterocycles. The van der Waals surface area contributed by atoms with E-state index in [1.54, 1.807) is 13.8 Å². The van der Waals surface area contributed by atoms with Crippen LogP contribution in [-0.4, -0.2) is 22.2 Å². The maximum Gasteiger partial charge on any atom is 0.309 e. The van der Waals surface area contributed by atoms with Crippen molar-refractivity contribution in [3.05, 3.63) is 0 Å². The average molecular weight is 174 g/mol. The van der Waals surface area contributed by atoms with E-state index in [0.717, 1.165) is 0 Å². The van der Waals surface area contributed by atoms with Crippen LogP contribution < -0.4 is 0 Å². The minimum atomic E-state index is -0.882. The van der Waals surface area contributed by atoms with Crippen LogP contribution in [0.25, 0.3) is 0 Å². The van der Waals surface area contributed by atoms with Crippen molar-refractivity contribution in [3.63, 3.8) is 0 Å². The quantitative estimate of drug-likeness (QED) is 0.659. The van der Waals surface area contributed by atoms with E-state index in [1.807, 2.05) is 0 Å². The lowest BCUT2D eigenvalue weighted by Crippen LogP contribution is -2.23. The summed E-state index contributed by atoms with van der Waals surface area (Å²) in [5.41, 5.74) is -0.810. The lowest BCUT2D eigenvalue weighted by Gasteiger charge is -2.17. The number of hydrogen-bond acceptors (Lipinski definition) is 2. The Balaban J connectivity index is 3.76. The van der Waals surface area contributed by atoms with Gasteiger partial charge >= 0.3 is 11.9 Å². The highest BCUT2D eigenvalue weighted by Gasteiger charge is 2.26. The number of rotatable bonds is 5. The van der Waals surface area contributed by atoms with Crippen molar-refractivity contribution >= 4 is 11.9 Å². The predicted molar refractivity (Wildman–Crippen MR) is 42.9 cm³/mol. The molecule has 0 aliphatic rings. The Morgan fingerprint density at radius 3 is 2.08 bits per heavy atom.